The summed E-state index contributed by atoms with van der Waals surface area (Å²) in [6.07, 6.45) is 0.904. The number of methoxy groups -OCH3 is 1. The van der Waals surface area contributed by atoms with E-state index in [2.05, 4.69) is 4.74 Å². The standard InChI is InChI=1S/C13H14Cl2O3/c1-8-6-11(15)9(7-10(8)14)12(16)4-3-5-13(17)18-2/h6-7H,3-5H2,1-2H3. The molecule has 0 spiro atoms. The highest BCUT2D eigenvalue weighted by atomic mass is 35.5. The number of carbonyl (C=O) groups is 2. The molecule has 18 heavy (non-hydrogen) atoms. The van der Waals surface area contributed by atoms with Gasteiger partial charge in [-0.1, -0.05) is 23.2 Å². The van der Waals surface area contributed by atoms with Crippen LogP contribution in [0.5, 0.6) is 0 Å². The molecule has 1 rings (SSSR count). The topological polar surface area (TPSA) is 43.4 Å². The number of carbonyl (C=O) groups excluding carboxylic acids is 2. The summed E-state index contributed by atoms with van der Waals surface area (Å²) in [7, 11) is 1.32. The SMILES string of the molecule is COC(=O)CCCC(=O)c1cc(Cl)c(C)cc1Cl. The van der Waals surface area contributed by atoms with Gasteiger partial charge in [-0.15, -0.1) is 0 Å². The zero-order valence-corrected chi connectivity index (χ0v) is 11.8. The number of rotatable bonds is 5. The molecule has 0 unspecified atom stereocenters. The van der Waals surface area contributed by atoms with E-state index in [0.29, 0.717) is 22.0 Å². The van der Waals surface area contributed by atoms with Crippen LogP contribution in [0.3, 0.4) is 0 Å². The van der Waals surface area contributed by atoms with Crippen molar-refractivity contribution in [1.29, 1.82) is 0 Å². The lowest BCUT2D eigenvalue weighted by molar-refractivity contribution is -0.140. The number of aryl methyl sites for hydroxylation is 1. The summed E-state index contributed by atoms with van der Waals surface area (Å²) in [5, 5.41) is 0.899. The van der Waals surface area contributed by atoms with Gasteiger partial charge in [0.15, 0.2) is 5.78 Å². The average molecular weight is 289 g/mol. The highest BCUT2D eigenvalue weighted by Gasteiger charge is 2.13. The molecule has 5 heteroatoms. The van der Waals surface area contributed by atoms with Crippen LogP contribution in [0.2, 0.25) is 10.0 Å². The Bertz CT molecular complexity index is 470. The first kappa shape index (κ1) is 15.0. The molecule has 0 aliphatic heterocycles. The molecule has 0 N–H and O–H groups in total. The molecule has 0 amide bonds. The van der Waals surface area contributed by atoms with E-state index in [-0.39, 0.29) is 24.6 Å². The van der Waals surface area contributed by atoms with Crippen LogP contribution in [-0.4, -0.2) is 18.9 Å². The van der Waals surface area contributed by atoms with Gasteiger partial charge in [0, 0.05) is 23.4 Å². The number of Topliss-reactive ketones (excluding diaryl/α,β-unsaturated/α-hetero) is 1. The average Bonchev–Trinajstić information content (AvgIpc) is 2.33. The molecule has 1 aromatic carbocycles. The van der Waals surface area contributed by atoms with Gasteiger partial charge in [-0.2, -0.15) is 0 Å². The smallest absolute Gasteiger partial charge is 0.305 e. The third-order valence-corrected chi connectivity index (χ3v) is 3.28. The first-order chi connectivity index (χ1) is 8.45. The zero-order valence-electron chi connectivity index (χ0n) is 10.3. The van der Waals surface area contributed by atoms with Crippen molar-refractivity contribution < 1.29 is 14.3 Å². The third-order valence-electron chi connectivity index (χ3n) is 2.56. The van der Waals surface area contributed by atoms with Gasteiger partial charge in [0.05, 0.1) is 12.1 Å². The lowest BCUT2D eigenvalue weighted by Gasteiger charge is -2.06. The minimum atomic E-state index is -0.323. The van der Waals surface area contributed by atoms with Crippen molar-refractivity contribution in [2.75, 3.05) is 7.11 Å². The highest BCUT2D eigenvalue weighted by Crippen LogP contribution is 2.26. The summed E-state index contributed by atoms with van der Waals surface area (Å²) in [6.45, 7) is 1.82. The predicted octanol–water partition coefficient (Wildman–Crippen LogP) is 3.83. The van der Waals surface area contributed by atoms with Crippen molar-refractivity contribution in [2.24, 2.45) is 0 Å². The van der Waals surface area contributed by atoms with Gasteiger partial charge in [-0.25, -0.2) is 0 Å². The van der Waals surface area contributed by atoms with E-state index in [1.165, 1.54) is 7.11 Å². The van der Waals surface area contributed by atoms with E-state index in [4.69, 9.17) is 23.2 Å². The lowest BCUT2D eigenvalue weighted by atomic mass is 10.0. The normalized spacial score (nSPS) is 10.2. The molecule has 0 bridgehead atoms. The van der Waals surface area contributed by atoms with E-state index in [9.17, 15) is 9.59 Å². The van der Waals surface area contributed by atoms with Crippen LogP contribution >= 0.6 is 23.2 Å². The second-order valence-electron chi connectivity index (χ2n) is 3.93. The van der Waals surface area contributed by atoms with E-state index < -0.39 is 0 Å². The van der Waals surface area contributed by atoms with Gasteiger partial charge in [-0.05, 0) is 31.0 Å². The van der Waals surface area contributed by atoms with Crippen LogP contribution in [0.15, 0.2) is 12.1 Å². The Morgan fingerprint density at radius 1 is 1.17 bits per heavy atom. The molecular weight excluding hydrogens is 275 g/mol. The molecule has 0 fully saturated rings. The quantitative estimate of drug-likeness (QED) is 0.611. The maximum absolute atomic E-state index is 11.9. The molecule has 0 saturated carbocycles. The number of hydrogen-bond donors (Lipinski definition) is 0. The maximum atomic E-state index is 11.9. The number of ketones is 1. The summed E-state index contributed by atoms with van der Waals surface area (Å²) >= 11 is 11.9. The fourth-order valence-corrected chi connectivity index (χ4v) is 1.98. The van der Waals surface area contributed by atoms with Gasteiger partial charge >= 0.3 is 5.97 Å². The molecule has 0 aromatic heterocycles. The Balaban J connectivity index is 2.67. The van der Waals surface area contributed by atoms with Gasteiger partial charge in [0.2, 0.25) is 0 Å². The number of esters is 1. The summed E-state index contributed by atoms with van der Waals surface area (Å²) in [5.41, 5.74) is 1.23. The minimum Gasteiger partial charge on any atom is -0.469 e. The van der Waals surface area contributed by atoms with E-state index >= 15 is 0 Å². The first-order valence-electron chi connectivity index (χ1n) is 5.51. The summed E-state index contributed by atoms with van der Waals surface area (Å²) in [6, 6.07) is 3.23. The van der Waals surface area contributed by atoms with Crippen LogP contribution in [0.25, 0.3) is 0 Å². The Morgan fingerprint density at radius 3 is 2.44 bits per heavy atom. The van der Waals surface area contributed by atoms with Gasteiger partial charge < -0.3 is 4.74 Å². The fraction of sp³-hybridized carbons (Fsp3) is 0.385. The maximum Gasteiger partial charge on any atom is 0.305 e. The van der Waals surface area contributed by atoms with Crippen LogP contribution < -0.4 is 0 Å². The van der Waals surface area contributed by atoms with Crippen LogP contribution in [0, 0.1) is 6.92 Å². The monoisotopic (exact) mass is 288 g/mol. The van der Waals surface area contributed by atoms with Gasteiger partial charge in [-0.3, -0.25) is 9.59 Å². The van der Waals surface area contributed by atoms with Crippen LogP contribution in [0.1, 0.15) is 35.2 Å². The van der Waals surface area contributed by atoms with Crippen molar-refractivity contribution in [3.05, 3.63) is 33.3 Å². The molecule has 0 atom stereocenters. The summed E-state index contributed by atoms with van der Waals surface area (Å²) < 4.78 is 4.50. The van der Waals surface area contributed by atoms with Crippen LogP contribution in [0.4, 0.5) is 0 Å². The molecule has 3 nitrogen and oxygen atoms in total. The lowest BCUT2D eigenvalue weighted by Crippen LogP contribution is -2.04. The zero-order chi connectivity index (χ0) is 13.7. The van der Waals surface area contributed by atoms with Crippen LogP contribution in [-0.2, 0) is 9.53 Å². The number of hydrogen-bond acceptors (Lipinski definition) is 3. The molecule has 1 aromatic rings. The summed E-state index contributed by atoms with van der Waals surface area (Å²) in [4.78, 5) is 22.8. The Hall–Kier alpha value is -1.06. The molecule has 0 heterocycles. The second-order valence-corrected chi connectivity index (χ2v) is 4.75. The number of halogens is 2. The van der Waals surface area contributed by atoms with Crippen molar-refractivity contribution in [3.63, 3.8) is 0 Å². The Labute approximate surface area is 116 Å². The Morgan fingerprint density at radius 2 is 1.83 bits per heavy atom. The Kier molecular flexibility index (Phi) is 5.63. The predicted molar refractivity (Wildman–Crippen MR) is 71.4 cm³/mol. The molecule has 0 aliphatic rings. The van der Waals surface area contributed by atoms with Crippen molar-refractivity contribution in [1.82, 2.24) is 0 Å². The van der Waals surface area contributed by atoms with Gasteiger partial charge in [0.1, 0.15) is 0 Å². The number of benzene rings is 1. The number of ether oxygens (including phenoxy) is 1. The largest absolute Gasteiger partial charge is 0.469 e. The molecule has 0 radical (unpaired) electrons. The first-order valence-corrected chi connectivity index (χ1v) is 6.27. The summed E-state index contributed by atoms with van der Waals surface area (Å²) in [5.74, 6) is -0.443. The molecule has 98 valence electrons. The van der Waals surface area contributed by atoms with Crippen molar-refractivity contribution in [3.8, 4) is 0 Å². The third kappa shape index (κ3) is 4.00. The minimum absolute atomic E-state index is 0.120. The molecule has 0 aliphatic carbocycles. The molecular formula is C13H14Cl2O3. The van der Waals surface area contributed by atoms with E-state index in [0.717, 1.165) is 5.56 Å². The molecule has 0 saturated heterocycles. The highest BCUT2D eigenvalue weighted by molar-refractivity contribution is 6.36. The van der Waals surface area contributed by atoms with Crippen molar-refractivity contribution >= 4 is 35.0 Å². The van der Waals surface area contributed by atoms with Crippen molar-refractivity contribution in [2.45, 2.75) is 26.2 Å². The second kappa shape index (κ2) is 6.76. The van der Waals surface area contributed by atoms with Gasteiger partial charge in [0.25, 0.3) is 0 Å². The van der Waals surface area contributed by atoms with E-state index in [1.54, 1.807) is 12.1 Å². The van der Waals surface area contributed by atoms with E-state index in [1.807, 2.05) is 6.92 Å². The fourth-order valence-electron chi connectivity index (χ4n) is 1.49.